The van der Waals surface area contributed by atoms with Crippen molar-refractivity contribution in [2.75, 3.05) is 26.3 Å². The SMILES string of the molecule is CCCC[C@H](C)C[C@H](O)/C=C/[C@@H]1[C@H]2CC(CCOCC(=O)N3CCCC3)=C[C@H]2C[C@H]1O. The lowest BCUT2D eigenvalue weighted by Gasteiger charge is -2.19. The third kappa shape index (κ3) is 7.16. The number of hydrogen-bond acceptors (Lipinski definition) is 4. The predicted molar refractivity (Wildman–Crippen MR) is 123 cm³/mol. The number of carbonyl (C=O) groups excluding carboxylic acids is 1. The molecule has 5 nitrogen and oxygen atoms in total. The minimum Gasteiger partial charge on any atom is -0.392 e. The molecule has 1 saturated heterocycles. The smallest absolute Gasteiger partial charge is 0.248 e. The zero-order valence-electron chi connectivity index (χ0n) is 19.5. The van der Waals surface area contributed by atoms with Crippen molar-refractivity contribution in [3.05, 3.63) is 23.8 Å². The van der Waals surface area contributed by atoms with Gasteiger partial charge in [0, 0.05) is 19.0 Å². The molecule has 0 unspecified atom stereocenters. The summed E-state index contributed by atoms with van der Waals surface area (Å²) in [6.45, 7) is 6.94. The molecule has 5 heteroatoms. The molecule has 0 radical (unpaired) electrons. The van der Waals surface area contributed by atoms with E-state index >= 15 is 0 Å². The van der Waals surface area contributed by atoms with E-state index in [2.05, 4.69) is 26.0 Å². The van der Waals surface area contributed by atoms with Crippen LogP contribution in [0, 0.1) is 23.7 Å². The Bertz CT molecular complexity index is 625. The first-order valence-electron chi connectivity index (χ1n) is 12.6. The Morgan fingerprint density at radius 2 is 2.13 bits per heavy atom. The first kappa shape index (κ1) is 24.5. The van der Waals surface area contributed by atoms with Gasteiger partial charge in [0.25, 0.3) is 0 Å². The molecule has 0 bridgehead atoms. The summed E-state index contributed by atoms with van der Waals surface area (Å²) in [4.78, 5) is 14.0. The number of nitrogens with zero attached hydrogens (tertiary/aromatic N) is 1. The van der Waals surface area contributed by atoms with Crippen molar-refractivity contribution < 1.29 is 19.7 Å². The van der Waals surface area contributed by atoms with Crippen molar-refractivity contribution in [3.63, 3.8) is 0 Å². The molecule has 2 N–H and O–H groups in total. The number of ether oxygens (including phenoxy) is 1. The maximum absolute atomic E-state index is 12.1. The predicted octanol–water partition coefficient (Wildman–Crippen LogP) is 4.09. The van der Waals surface area contributed by atoms with Crippen molar-refractivity contribution in [2.45, 2.75) is 83.8 Å². The molecule has 3 rings (SSSR count). The molecule has 1 saturated carbocycles. The Labute approximate surface area is 188 Å². The van der Waals surface area contributed by atoms with Gasteiger partial charge in [-0.3, -0.25) is 4.79 Å². The molecule has 1 amide bonds. The minimum absolute atomic E-state index is 0.116. The van der Waals surface area contributed by atoms with Crippen LogP contribution >= 0.6 is 0 Å². The number of carbonyl (C=O) groups is 1. The second kappa shape index (κ2) is 12.2. The summed E-state index contributed by atoms with van der Waals surface area (Å²) in [6.07, 6.45) is 14.8. The molecule has 0 aromatic rings. The maximum atomic E-state index is 12.1. The number of hydrogen-bond donors (Lipinski definition) is 2. The molecule has 0 aromatic carbocycles. The largest absolute Gasteiger partial charge is 0.392 e. The number of unbranched alkanes of at least 4 members (excludes halogenated alkanes) is 1. The van der Waals surface area contributed by atoms with Crippen LogP contribution in [0.1, 0.15) is 71.6 Å². The summed E-state index contributed by atoms with van der Waals surface area (Å²) < 4.78 is 5.66. The first-order chi connectivity index (χ1) is 15.0. The average molecular weight is 434 g/mol. The highest BCUT2D eigenvalue weighted by Gasteiger charge is 2.43. The van der Waals surface area contributed by atoms with Gasteiger partial charge in [0.2, 0.25) is 5.91 Å². The van der Waals surface area contributed by atoms with E-state index < -0.39 is 6.10 Å². The minimum atomic E-state index is -0.423. The number of likely N-dealkylation sites (tertiary alicyclic amines) is 1. The topological polar surface area (TPSA) is 70.0 Å². The first-order valence-corrected chi connectivity index (χ1v) is 12.6. The summed E-state index contributed by atoms with van der Waals surface area (Å²) in [7, 11) is 0. The molecule has 2 fully saturated rings. The fourth-order valence-corrected chi connectivity index (χ4v) is 5.63. The standard InChI is InChI=1S/C26H43NO4/c1-3-4-7-19(2)14-22(28)8-9-23-24-16-20(15-21(24)17-25(23)29)10-13-31-18-26(30)27-11-5-6-12-27/h8-9,15,19,21-25,28-29H,3-7,10-14,16-18H2,1-2H3/b9-8+/t19-,21-,22+,23+,24-,25+/m0/s1. The zero-order valence-corrected chi connectivity index (χ0v) is 19.5. The van der Waals surface area contributed by atoms with E-state index in [4.69, 9.17) is 4.74 Å². The van der Waals surface area contributed by atoms with E-state index in [1.54, 1.807) is 0 Å². The summed E-state index contributed by atoms with van der Waals surface area (Å²) >= 11 is 0. The highest BCUT2D eigenvalue weighted by molar-refractivity contribution is 5.77. The van der Waals surface area contributed by atoms with Crippen LogP contribution in [0.4, 0.5) is 0 Å². The van der Waals surface area contributed by atoms with E-state index in [9.17, 15) is 15.0 Å². The lowest BCUT2D eigenvalue weighted by molar-refractivity contribution is -0.135. The van der Waals surface area contributed by atoms with Crippen molar-refractivity contribution in [2.24, 2.45) is 23.7 Å². The second-order valence-electron chi connectivity index (χ2n) is 10.1. The number of aliphatic hydroxyl groups excluding tert-OH is 2. The zero-order chi connectivity index (χ0) is 22.2. The molecule has 0 spiro atoms. The van der Waals surface area contributed by atoms with E-state index in [0.29, 0.717) is 24.4 Å². The van der Waals surface area contributed by atoms with Crippen LogP contribution in [0.2, 0.25) is 0 Å². The maximum Gasteiger partial charge on any atom is 0.248 e. The van der Waals surface area contributed by atoms with Crippen molar-refractivity contribution in [1.29, 1.82) is 0 Å². The molecule has 2 aliphatic carbocycles. The van der Waals surface area contributed by atoms with Gasteiger partial charge in [0.1, 0.15) is 6.61 Å². The molecule has 1 aliphatic heterocycles. The lowest BCUT2D eigenvalue weighted by Crippen LogP contribution is -2.31. The van der Waals surface area contributed by atoms with Gasteiger partial charge >= 0.3 is 0 Å². The Morgan fingerprint density at radius 1 is 1.35 bits per heavy atom. The van der Waals surface area contributed by atoms with Crippen LogP contribution < -0.4 is 0 Å². The van der Waals surface area contributed by atoms with E-state index in [0.717, 1.165) is 58.0 Å². The second-order valence-corrected chi connectivity index (χ2v) is 10.1. The normalized spacial score (nSPS) is 30.1. The number of aliphatic hydroxyl groups is 2. The summed E-state index contributed by atoms with van der Waals surface area (Å²) in [5.41, 5.74) is 1.39. The summed E-state index contributed by atoms with van der Waals surface area (Å²) in [6, 6.07) is 0. The average Bonchev–Trinajstić information content (AvgIpc) is 3.45. The number of rotatable bonds is 12. The van der Waals surface area contributed by atoms with E-state index in [1.165, 1.54) is 18.4 Å². The van der Waals surface area contributed by atoms with Gasteiger partial charge in [-0.1, -0.05) is 56.9 Å². The van der Waals surface area contributed by atoms with Crippen LogP contribution in [-0.2, 0) is 9.53 Å². The summed E-state index contributed by atoms with van der Waals surface area (Å²) in [5, 5.41) is 20.9. The molecule has 0 aromatic heterocycles. The van der Waals surface area contributed by atoms with Gasteiger partial charge in [-0.25, -0.2) is 0 Å². The van der Waals surface area contributed by atoms with Gasteiger partial charge in [-0.2, -0.15) is 0 Å². The molecular formula is C26H43NO4. The Balaban J connectivity index is 1.38. The quantitative estimate of drug-likeness (QED) is 0.359. The van der Waals surface area contributed by atoms with Gasteiger partial charge in [0.15, 0.2) is 0 Å². The van der Waals surface area contributed by atoms with Crippen LogP contribution in [0.3, 0.4) is 0 Å². The third-order valence-electron chi connectivity index (χ3n) is 7.45. The summed E-state index contributed by atoms with van der Waals surface area (Å²) in [5.74, 6) is 1.62. The van der Waals surface area contributed by atoms with E-state index in [-0.39, 0.29) is 24.5 Å². The monoisotopic (exact) mass is 433 g/mol. The fraction of sp³-hybridized carbons (Fsp3) is 0.808. The Kier molecular flexibility index (Phi) is 9.61. The van der Waals surface area contributed by atoms with E-state index in [1.807, 2.05) is 11.0 Å². The number of fused-ring (bicyclic) bond motifs is 1. The highest BCUT2D eigenvalue weighted by atomic mass is 16.5. The molecule has 3 aliphatic rings. The molecule has 1 heterocycles. The van der Waals surface area contributed by atoms with Crippen molar-refractivity contribution in [3.8, 4) is 0 Å². The molecule has 6 atom stereocenters. The number of allylic oxidation sites excluding steroid dienone is 1. The van der Waals surface area contributed by atoms with Crippen LogP contribution in [0.5, 0.6) is 0 Å². The third-order valence-corrected chi connectivity index (χ3v) is 7.45. The van der Waals surface area contributed by atoms with Gasteiger partial charge in [-0.15, -0.1) is 0 Å². The Hall–Kier alpha value is -1.17. The Morgan fingerprint density at radius 3 is 2.87 bits per heavy atom. The van der Waals surface area contributed by atoms with Crippen molar-refractivity contribution >= 4 is 5.91 Å². The van der Waals surface area contributed by atoms with Gasteiger partial charge < -0.3 is 19.8 Å². The number of amides is 1. The van der Waals surface area contributed by atoms with Gasteiger partial charge in [-0.05, 0) is 56.3 Å². The highest BCUT2D eigenvalue weighted by Crippen LogP contribution is 2.48. The van der Waals surface area contributed by atoms with Gasteiger partial charge in [0.05, 0.1) is 18.8 Å². The molecule has 176 valence electrons. The molecule has 31 heavy (non-hydrogen) atoms. The lowest BCUT2D eigenvalue weighted by atomic mass is 9.88. The molecular weight excluding hydrogens is 390 g/mol. The van der Waals surface area contributed by atoms with Crippen LogP contribution in [0.25, 0.3) is 0 Å². The van der Waals surface area contributed by atoms with Crippen LogP contribution in [-0.4, -0.2) is 59.5 Å². The fourth-order valence-electron chi connectivity index (χ4n) is 5.63. The van der Waals surface area contributed by atoms with Crippen LogP contribution in [0.15, 0.2) is 23.8 Å². The van der Waals surface area contributed by atoms with Crippen molar-refractivity contribution in [1.82, 2.24) is 4.90 Å².